The summed E-state index contributed by atoms with van der Waals surface area (Å²) in [5.41, 5.74) is 6.58. The van der Waals surface area contributed by atoms with Gasteiger partial charge in [0.2, 0.25) is 11.8 Å². The highest BCUT2D eigenvalue weighted by atomic mass is 16.2. The maximum Gasteiger partial charge on any atom is 0.325 e. The molecule has 1 aliphatic carbocycles. The van der Waals surface area contributed by atoms with Crippen molar-refractivity contribution in [1.29, 1.82) is 0 Å². The molecule has 0 radical (unpaired) electrons. The van der Waals surface area contributed by atoms with Gasteiger partial charge in [0.05, 0.1) is 0 Å². The minimum Gasteiger partial charge on any atom is -0.368 e. The van der Waals surface area contributed by atoms with Crippen LogP contribution in [0.25, 0.3) is 0 Å². The standard InChI is InChI=1S/C19H22N4O4/c20-16(25)14-9-12-5-1-2-6-13(12)10-22(14)15(24)11-23-17(26)19(21-18(23)27)7-3-4-8-19/h1-2,5-6,14H,3-4,7-11H2,(H2,20,25)(H,21,27)/t14-/m1/s1. The molecule has 1 saturated heterocycles. The fourth-order valence-electron chi connectivity index (χ4n) is 4.40. The highest BCUT2D eigenvalue weighted by molar-refractivity contribution is 6.09. The van der Waals surface area contributed by atoms with Crippen molar-refractivity contribution >= 4 is 23.8 Å². The molecule has 1 aromatic rings. The molecule has 8 nitrogen and oxygen atoms in total. The van der Waals surface area contributed by atoms with E-state index in [-0.39, 0.29) is 19.0 Å². The van der Waals surface area contributed by atoms with E-state index in [2.05, 4.69) is 5.32 Å². The van der Waals surface area contributed by atoms with Gasteiger partial charge in [-0.05, 0) is 24.0 Å². The molecular weight excluding hydrogens is 348 g/mol. The first kappa shape index (κ1) is 17.5. The molecule has 1 aromatic carbocycles. The first-order chi connectivity index (χ1) is 12.9. The van der Waals surface area contributed by atoms with Crippen LogP contribution >= 0.6 is 0 Å². The number of rotatable bonds is 3. The SMILES string of the molecule is NC(=O)[C@H]1Cc2ccccc2CN1C(=O)CN1C(=O)NC2(CCCC2)C1=O. The largest absolute Gasteiger partial charge is 0.368 e. The summed E-state index contributed by atoms with van der Waals surface area (Å²) in [6.45, 7) is -0.143. The fraction of sp³-hybridized carbons (Fsp3) is 0.474. The summed E-state index contributed by atoms with van der Waals surface area (Å²) in [6, 6.07) is 6.23. The normalized spacial score (nSPS) is 23.5. The number of nitrogens with one attached hydrogen (secondary N) is 1. The van der Waals surface area contributed by atoms with Crippen LogP contribution in [-0.2, 0) is 27.3 Å². The highest BCUT2D eigenvalue weighted by Gasteiger charge is 2.53. The number of amides is 5. The number of benzene rings is 1. The second kappa shape index (κ2) is 6.37. The molecule has 3 N–H and O–H groups in total. The van der Waals surface area contributed by atoms with E-state index in [9.17, 15) is 19.2 Å². The predicted molar refractivity (Wildman–Crippen MR) is 95.1 cm³/mol. The van der Waals surface area contributed by atoms with Gasteiger partial charge in [-0.2, -0.15) is 0 Å². The van der Waals surface area contributed by atoms with Gasteiger partial charge in [0.15, 0.2) is 0 Å². The third-order valence-electron chi connectivity index (χ3n) is 5.89. The lowest BCUT2D eigenvalue weighted by atomic mass is 9.93. The first-order valence-corrected chi connectivity index (χ1v) is 9.21. The number of nitrogens with zero attached hydrogens (tertiary/aromatic N) is 2. The van der Waals surface area contributed by atoms with Crippen LogP contribution in [0.15, 0.2) is 24.3 Å². The molecule has 2 aliphatic heterocycles. The van der Waals surface area contributed by atoms with E-state index in [1.807, 2.05) is 24.3 Å². The molecule has 0 unspecified atom stereocenters. The number of carbonyl (C=O) groups excluding carboxylic acids is 4. The zero-order valence-electron chi connectivity index (χ0n) is 14.9. The second-order valence-corrected chi connectivity index (χ2v) is 7.52. The molecule has 1 atom stereocenters. The number of carbonyl (C=O) groups is 4. The molecule has 142 valence electrons. The summed E-state index contributed by atoms with van der Waals surface area (Å²) in [7, 11) is 0. The fourth-order valence-corrected chi connectivity index (χ4v) is 4.40. The third-order valence-corrected chi connectivity index (χ3v) is 5.89. The molecule has 3 aliphatic rings. The summed E-state index contributed by atoms with van der Waals surface area (Å²) in [5.74, 6) is -1.39. The molecule has 2 heterocycles. The Bertz CT molecular complexity index is 831. The first-order valence-electron chi connectivity index (χ1n) is 9.21. The lowest BCUT2D eigenvalue weighted by molar-refractivity contribution is -0.144. The van der Waals surface area contributed by atoms with Crippen LogP contribution in [0.1, 0.15) is 36.8 Å². The van der Waals surface area contributed by atoms with Crippen LogP contribution in [0.3, 0.4) is 0 Å². The van der Waals surface area contributed by atoms with Crippen molar-refractivity contribution in [2.45, 2.75) is 50.2 Å². The van der Waals surface area contributed by atoms with Gasteiger partial charge in [0, 0.05) is 13.0 Å². The maximum absolute atomic E-state index is 12.9. The van der Waals surface area contributed by atoms with Crippen LogP contribution in [0.4, 0.5) is 4.79 Å². The summed E-state index contributed by atoms with van der Waals surface area (Å²) >= 11 is 0. The Labute approximate surface area is 156 Å². The van der Waals surface area contributed by atoms with Gasteiger partial charge in [-0.1, -0.05) is 37.1 Å². The Hall–Kier alpha value is -2.90. The molecule has 1 saturated carbocycles. The van der Waals surface area contributed by atoms with Crippen molar-refractivity contribution in [3.63, 3.8) is 0 Å². The van der Waals surface area contributed by atoms with Crippen molar-refractivity contribution < 1.29 is 19.2 Å². The average molecular weight is 370 g/mol. The summed E-state index contributed by atoms with van der Waals surface area (Å²) < 4.78 is 0. The van der Waals surface area contributed by atoms with Gasteiger partial charge in [-0.3, -0.25) is 19.3 Å². The van der Waals surface area contributed by atoms with Crippen LogP contribution in [0, 0.1) is 0 Å². The summed E-state index contributed by atoms with van der Waals surface area (Å²) in [6.07, 6.45) is 3.29. The van der Waals surface area contributed by atoms with Crippen molar-refractivity contribution in [3.05, 3.63) is 35.4 Å². The maximum atomic E-state index is 12.9. The topological polar surface area (TPSA) is 113 Å². The highest BCUT2D eigenvalue weighted by Crippen LogP contribution is 2.35. The van der Waals surface area contributed by atoms with E-state index in [1.54, 1.807) is 0 Å². The minimum absolute atomic E-state index is 0.234. The smallest absolute Gasteiger partial charge is 0.325 e. The monoisotopic (exact) mass is 370 g/mol. The number of fused-ring (bicyclic) bond motifs is 1. The van der Waals surface area contributed by atoms with Crippen LogP contribution < -0.4 is 11.1 Å². The van der Waals surface area contributed by atoms with E-state index >= 15 is 0 Å². The number of hydrogen-bond acceptors (Lipinski definition) is 4. The van der Waals surface area contributed by atoms with Crippen LogP contribution in [-0.4, -0.2) is 51.7 Å². The molecule has 5 amide bonds. The number of hydrogen-bond donors (Lipinski definition) is 2. The Morgan fingerprint density at radius 3 is 2.48 bits per heavy atom. The average Bonchev–Trinajstić information content (AvgIpc) is 3.21. The quantitative estimate of drug-likeness (QED) is 0.745. The van der Waals surface area contributed by atoms with Crippen molar-refractivity contribution in [2.75, 3.05) is 6.54 Å². The third kappa shape index (κ3) is 2.85. The van der Waals surface area contributed by atoms with Gasteiger partial charge >= 0.3 is 6.03 Å². The zero-order chi connectivity index (χ0) is 19.2. The van der Waals surface area contributed by atoms with Gasteiger partial charge < -0.3 is 16.0 Å². The molecule has 4 rings (SSSR count). The number of imide groups is 1. The molecule has 1 spiro atoms. The van der Waals surface area contributed by atoms with Crippen LogP contribution in [0.5, 0.6) is 0 Å². The molecule has 0 aromatic heterocycles. The molecular formula is C19H22N4O4. The Morgan fingerprint density at radius 2 is 1.81 bits per heavy atom. The molecule has 0 bridgehead atoms. The van der Waals surface area contributed by atoms with Gasteiger partial charge in [-0.15, -0.1) is 0 Å². The Morgan fingerprint density at radius 1 is 1.15 bits per heavy atom. The van der Waals surface area contributed by atoms with Crippen molar-refractivity contribution in [1.82, 2.24) is 15.1 Å². The van der Waals surface area contributed by atoms with Crippen LogP contribution in [0.2, 0.25) is 0 Å². The van der Waals surface area contributed by atoms with Crippen molar-refractivity contribution in [3.8, 4) is 0 Å². The van der Waals surface area contributed by atoms with Gasteiger partial charge in [0.1, 0.15) is 18.1 Å². The number of urea groups is 1. The predicted octanol–water partition coefficient (Wildman–Crippen LogP) is 0.290. The number of primary amides is 1. The molecule has 8 heteroatoms. The lowest BCUT2D eigenvalue weighted by Gasteiger charge is -2.35. The van der Waals surface area contributed by atoms with E-state index in [0.29, 0.717) is 19.3 Å². The van der Waals surface area contributed by atoms with E-state index < -0.39 is 29.4 Å². The van der Waals surface area contributed by atoms with Gasteiger partial charge in [0.25, 0.3) is 5.91 Å². The summed E-state index contributed by atoms with van der Waals surface area (Å²) in [5, 5.41) is 2.76. The molecule has 27 heavy (non-hydrogen) atoms. The van der Waals surface area contributed by atoms with E-state index in [4.69, 9.17) is 5.73 Å². The summed E-state index contributed by atoms with van der Waals surface area (Å²) in [4.78, 5) is 52.3. The minimum atomic E-state index is -0.852. The van der Waals surface area contributed by atoms with Crippen molar-refractivity contribution in [2.24, 2.45) is 5.73 Å². The van der Waals surface area contributed by atoms with Gasteiger partial charge in [-0.25, -0.2) is 4.79 Å². The zero-order valence-corrected chi connectivity index (χ0v) is 14.9. The van der Waals surface area contributed by atoms with E-state index in [0.717, 1.165) is 28.9 Å². The Balaban J connectivity index is 1.54. The lowest BCUT2D eigenvalue weighted by Crippen LogP contribution is -2.54. The Kier molecular flexibility index (Phi) is 4.13. The second-order valence-electron chi connectivity index (χ2n) is 7.52. The number of nitrogens with two attached hydrogens (primary N) is 1. The van der Waals surface area contributed by atoms with E-state index in [1.165, 1.54) is 4.90 Å². The molecule has 2 fully saturated rings.